The summed E-state index contributed by atoms with van der Waals surface area (Å²) in [5.74, 6) is 0.924. The number of nitrogens with one attached hydrogen (secondary N) is 1. The van der Waals surface area contributed by atoms with Crippen LogP contribution in [0.2, 0.25) is 0 Å². The van der Waals surface area contributed by atoms with Gasteiger partial charge in [0.1, 0.15) is 18.0 Å². The number of guanidine groups is 1. The van der Waals surface area contributed by atoms with Crippen molar-refractivity contribution in [3.05, 3.63) is 54.2 Å². The molecule has 2 N–H and O–H groups in total. The molecule has 7 heteroatoms. The molecule has 0 bridgehead atoms. The van der Waals surface area contributed by atoms with E-state index < -0.39 is 5.60 Å². The Morgan fingerprint density at radius 1 is 1.35 bits per heavy atom. The number of hydrogen-bond donors (Lipinski definition) is 2. The molecular weight excluding hydrogens is 337 g/mol. The van der Waals surface area contributed by atoms with E-state index >= 15 is 0 Å². The zero-order chi connectivity index (χ0) is 19.0. The van der Waals surface area contributed by atoms with Gasteiger partial charge in [-0.15, -0.1) is 0 Å². The molecule has 0 radical (unpaired) electrons. The zero-order valence-electron chi connectivity index (χ0n) is 15.4. The molecule has 0 spiro atoms. The summed E-state index contributed by atoms with van der Waals surface area (Å²) in [6, 6.07) is 9.75. The monoisotopic (exact) mass is 363 g/mol. The van der Waals surface area contributed by atoms with E-state index in [1.54, 1.807) is 37.3 Å². The van der Waals surface area contributed by atoms with Crippen LogP contribution in [-0.2, 0) is 5.60 Å². The summed E-state index contributed by atoms with van der Waals surface area (Å²) in [4.78, 5) is 6.34. The highest BCUT2D eigenvalue weighted by Gasteiger charge is 2.26. The average molecular weight is 363 g/mol. The predicted molar refractivity (Wildman–Crippen MR) is 98.8 cm³/mol. The molecule has 0 aliphatic heterocycles. The van der Waals surface area contributed by atoms with Crippen LogP contribution in [0.4, 0.5) is 4.39 Å². The van der Waals surface area contributed by atoms with Crippen molar-refractivity contribution in [1.82, 2.24) is 10.2 Å². The van der Waals surface area contributed by atoms with Gasteiger partial charge in [-0.2, -0.15) is 0 Å². The number of furan rings is 1. The van der Waals surface area contributed by atoms with E-state index in [-0.39, 0.29) is 18.1 Å². The van der Waals surface area contributed by atoms with Crippen molar-refractivity contribution in [2.45, 2.75) is 19.4 Å². The van der Waals surface area contributed by atoms with E-state index in [4.69, 9.17) is 9.15 Å². The third-order valence-electron chi connectivity index (χ3n) is 3.81. The van der Waals surface area contributed by atoms with Gasteiger partial charge in [0, 0.05) is 13.6 Å². The number of benzene rings is 1. The Morgan fingerprint density at radius 2 is 2.12 bits per heavy atom. The van der Waals surface area contributed by atoms with Crippen LogP contribution >= 0.6 is 0 Å². The van der Waals surface area contributed by atoms with E-state index in [1.165, 1.54) is 12.3 Å². The number of para-hydroxylation sites is 1. The minimum atomic E-state index is -1.20. The molecule has 0 fully saturated rings. The second kappa shape index (κ2) is 9.24. The van der Waals surface area contributed by atoms with E-state index in [9.17, 15) is 9.50 Å². The molecule has 0 aliphatic carbocycles. The fourth-order valence-electron chi connectivity index (χ4n) is 2.32. The minimum absolute atomic E-state index is 0.140. The van der Waals surface area contributed by atoms with Crippen molar-refractivity contribution in [3.63, 3.8) is 0 Å². The van der Waals surface area contributed by atoms with E-state index in [1.807, 2.05) is 18.9 Å². The Bertz CT molecular complexity index is 702. The Morgan fingerprint density at radius 3 is 2.77 bits per heavy atom. The van der Waals surface area contributed by atoms with Gasteiger partial charge in [0.15, 0.2) is 17.5 Å². The third kappa shape index (κ3) is 5.49. The summed E-state index contributed by atoms with van der Waals surface area (Å²) >= 11 is 0. The highest BCUT2D eigenvalue weighted by Crippen LogP contribution is 2.21. The molecule has 0 saturated carbocycles. The first kappa shape index (κ1) is 19.8. The normalized spacial score (nSPS) is 14.0. The lowest BCUT2D eigenvalue weighted by molar-refractivity contribution is 0.0435. The largest absolute Gasteiger partial charge is 0.489 e. The Labute approximate surface area is 153 Å². The molecule has 1 aromatic heterocycles. The van der Waals surface area contributed by atoms with Gasteiger partial charge < -0.3 is 24.5 Å². The first-order valence-electron chi connectivity index (χ1n) is 8.57. The van der Waals surface area contributed by atoms with Crippen LogP contribution in [0.3, 0.4) is 0 Å². The molecule has 1 heterocycles. The minimum Gasteiger partial charge on any atom is -0.489 e. The maximum absolute atomic E-state index is 13.6. The lowest BCUT2D eigenvalue weighted by atomic mass is 10.0. The lowest BCUT2D eigenvalue weighted by Gasteiger charge is -2.24. The first-order valence-corrected chi connectivity index (χ1v) is 8.57. The van der Waals surface area contributed by atoms with Gasteiger partial charge in [0.05, 0.1) is 19.4 Å². The summed E-state index contributed by atoms with van der Waals surface area (Å²) in [6.07, 6.45) is 1.52. The van der Waals surface area contributed by atoms with Crippen LogP contribution in [-0.4, -0.2) is 49.3 Å². The van der Waals surface area contributed by atoms with Crippen LogP contribution in [0.25, 0.3) is 0 Å². The molecule has 1 aromatic carbocycles. The quantitative estimate of drug-likeness (QED) is 0.557. The Hall–Kier alpha value is -2.54. The van der Waals surface area contributed by atoms with Crippen LogP contribution in [0.15, 0.2) is 52.1 Å². The van der Waals surface area contributed by atoms with Gasteiger partial charge in [0.25, 0.3) is 0 Å². The summed E-state index contributed by atoms with van der Waals surface area (Å²) in [7, 11) is 1.85. The number of rotatable bonds is 8. The second-order valence-corrected chi connectivity index (χ2v) is 6.12. The summed E-state index contributed by atoms with van der Waals surface area (Å²) in [5.41, 5.74) is -1.20. The van der Waals surface area contributed by atoms with Crippen molar-refractivity contribution in [2.75, 3.05) is 33.3 Å². The molecule has 1 atom stereocenters. The van der Waals surface area contributed by atoms with Gasteiger partial charge >= 0.3 is 0 Å². The summed E-state index contributed by atoms with van der Waals surface area (Å²) < 4.78 is 24.3. The van der Waals surface area contributed by atoms with Crippen LogP contribution in [0.5, 0.6) is 5.75 Å². The molecule has 1 unspecified atom stereocenters. The summed E-state index contributed by atoms with van der Waals surface area (Å²) in [5, 5.41) is 13.7. The highest BCUT2D eigenvalue weighted by molar-refractivity contribution is 5.79. The standard InChI is InChI=1S/C19H26FN3O3/c1-4-21-18(22-14-19(2,24)17-10-7-12-26-17)23(3)11-13-25-16-9-6-5-8-15(16)20/h5-10,12,24H,4,11,13-14H2,1-3H3,(H,21,22). The third-order valence-corrected chi connectivity index (χ3v) is 3.81. The maximum atomic E-state index is 13.6. The van der Waals surface area contributed by atoms with Crippen molar-refractivity contribution in [2.24, 2.45) is 4.99 Å². The first-order chi connectivity index (χ1) is 12.4. The number of aliphatic hydroxyl groups is 1. The fraction of sp³-hybridized carbons (Fsp3) is 0.421. The van der Waals surface area contributed by atoms with Crippen LogP contribution in [0, 0.1) is 5.82 Å². The lowest BCUT2D eigenvalue weighted by Crippen LogP contribution is -2.42. The number of nitrogens with zero attached hydrogens (tertiary/aromatic N) is 2. The van der Waals surface area contributed by atoms with Crippen molar-refractivity contribution in [3.8, 4) is 5.75 Å². The molecule has 0 amide bonds. The molecule has 0 aliphatic rings. The molecule has 6 nitrogen and oxygen atoms in total. The molecule has 2 aromatic rings. The number of aliphatic imine (C=N–C) groups is 1. The van der Waals surface area contributed by atoms with Gasteiger partial charge in [-0.05, 0) is 38.1 Å². The Kier molecular flexibility index (Phi) is 7.03. The fourth-order valence-corrected chi connectivity index (χ4v) is 2.32. The SMILES string of the molecule is CCNC(=NCC(C)(O)c1ccco1)N(C)CCOc1ccccc1F. The van der Waals surface area contributed by atoms with Crippen molar-refractivity contribution in [1.29, 1.82) is 0 Å². The Balaban J connectivity index is 1.93. The van der Waals surface area contributed by atoms with Crippen LogP contribution in [0.1, 0.15) is 19.6 Å². The number of halogens is 1. The van der Waals surface area contributed by atoms with E-state index in [0.717, 1.165) is 0 Å². The smallest absolute Gasteiger partial charge is 0.193 e. The van der Waals surface area contributed by atoms with Gasteiger partial charge in [-0.25, -0.2) is 9.38 Å². The molecular formula is C19H26FN3O3. The average Bonchev–Trinajstić information content (AvgIpc) is 3.16. The van der Waals surface area contributed by atoms with Gasteiger partial charge in [-0.3, -0.25) is 0 Å². The van der Waals surface area contributed by atoms with Gasteiger partial charge in [0.2, 0.25) is 0 Å². The topological polar surface area (TPSA) is 70.2 Å². The predicted octanol–water partition coefficient (Wildman–Crippen LogP) is 2.60. The molecule has 142 valence electrons. The number of likely N-dealkylation sites (N-methyl/N-ethyl adjacent to an activating group) is 1. The molecule has 0 saturated heterocycles. The van der Waals surface area contributed by atoms with Crippen molar-refractivity contribution < 1.29 is 18.7 Å². The highest BCUT2D eigenvalue weighted by atomic mass is 19.1. The zero-order valence-corrected chi connectivity index (χ0v) is 15.4. The number of ether oxygens (including phenoxy) is 1. The van der Waals surface area contributed by atoms with Gasteiger partial charge in [-0.1, -0.05) is 12.1 Å². The molecule has 2 rings (SSSR count). The van der Waals surface area contributed by atoms with E-state index in [2.05, 4.69) is 10.3 Å². The number of hydrogen-bond acceptors (Lipinski definition) is 4. The molecule has 26 heavy (non-hydrogen) atoms. The second-order valence-electron chi connectivity index (χ2n) is 6.12. The van der Waals surface area contributed by atoms with Crippen molar-refractivity contribution >= 4 is 5.96 Å². The van der Waals surface area contributed by atoms with Crippen LogP contribution < -0.4 is 10.1 Å². The van der Waals surface area contributed by atoms with E-state index in [0.29, 0.717) is 31.4 Å². The summed E-state index contributed by atoms with van der Waals surface area (Å²) in [6.45, 7) is 5.24. The maximum Gasteiger partial charge on any atom is 0.193 e.